The van der Waals surface area contributed by atoms with Gasteiger partial charge in [-0.25, -0.2) is 4.11 Å². The van der Waals surface area contributed by atoms with Crippen molar-refractivity contribution in [3.63, 3.8) is 0 Å². The van der Waals surface area contributed by atoms with Crippen LogP contribution < -0.4 is 0 Å². The van der Waals surface area contributed by atoms with E-state index in [4.69, 9.17) is 9.59 Å². The number of hydrogen-bond acceptors (Lipinski definition) is 3. The van der Waals surface area contributed by atoms with E-state index in [9.17, 15) is 4.11 Å². The van der Waals surface area contributed by atoms with E-state index in [0.717, 1.165) is 0 Å². The Hall–Kier alpha value is 0.559. The molecule has 0 saturated carbocycles. The van der Waals surface area contributed by atoms with Gasteiger partial charge in [-0.15, -0.1) is 0 Å². The minimum Gasteiger partial charge on any atom is -0.484 e. The van der Waals surface area contributed by atoms with Crippen molar-refractivity contribution in [1.82, 2.24) is 0 Å². The van der Waals surface area contributed by atoms with Crippen LogP contribution in [0.1, 0.15) is 0 Å². The molecule has 0 radical (unpaired) electrons. The maximum absolute atomic E-state index is 11.2. The molecule has 0 heterocycles. The van der Waals surface area contributed by atoms with Gasteiger partial charge in [0.2, 0.25) is 0 Å². The van der Waals surface area contributed by atoms with Crippen LogP contribution in [0, 0.1) is 0 Å². The molecule has 0 aromatic rings. The molecule has 0 spiro atoms. The predicted octanol–water partition coefficient (Wildman–Crippen LogP) is -2.06. The Labute approximate surface area is 43.7 Å². The first-order chi connectivity index (χ1) is 2.56. The van der Waals surface area contributed by atoms with Gasteiger partial charge >= 0.3 is 25.8 Å². The molecule has 0 aromatic heterocycles. The molecule has 0 unspecified atom stereocenters. The SMILES string of the molecule is O[Si](O)(F)[O][AlH2]. The van der Waals surface area contributed by atoms with E-state index >= 15 is 0 Å². The van der Waals surface area contributed by atoms with Gasteiger partial charge in [-0.2, -0.15) is 0 Å². The molecule has 0 rings (SSSR count). The Morgan fingerprint density at radius 1 is 1.67 bits per heavy atom. The lowest BCUT2D eigenvalue weighted by molar-refractivity contribution is 0.184. The van der Waals surface area contributed by atoms with E-state index < -0.39 is 9.14 Å². The monoisotopic (exact) mass is 126 g/mol. The van der Waals surface area contributed by atoms with Gasteiger partial charge in [-0.3, -0.25) is 0 Å². The molecule has 0 aliphatic heterocycles. The Morgan fingerprint density at radius 2 is 1.83 bits per heavy atom. The lowest BCUT2D eigenvalue weighted by atomic mass is 15.7. The van der Waals surface area contributed by atoms with Crippen molar-refractivity contribution >= 4 is 25.8 Å². The highest BCUT2D eigenvalue weighted by Crippen LogP contribution is 1.89. The van der Waals surface area contributed by atoms with Crippen molar-refractivity contribution in [3.05, 3.63) is 0 Å². The highest BCUT2D eigenvalue weighted by molar-refractivity contribution is 6.53. The zero-order valence-corrected chi connectivity index (χ0v) is 6.18. The van der Waals surface area contributed by atoms with Gasteiger partial charge in [0.25, 0.3) is 0 Å². The number of halogens is 1. The van der Waals surface area contributed by atoms with Gasteiger partial charge in [0.05, 0.1) is 0 Å². The summed E-state index contributed by atoms with van der Waals surface area (Å²) in [6.07, 6.45) is 0. The molecule has 0 amide bonds. The topological polar surface area (TPSA) is 49.7 Å². The molecule has 2 N–H and O–H groups in total. The van der Waals surface area contributed by atoms with Crippen LogP contribution in [0.15, 0.2) is 0 Å². The average Bonchev–Trinajstić information content (AvgIpc) is 1.35. The largest absolute Gasteiger partial charge is 0.684 e. The molecule has 0 saturated heterocycles. The van der Waals surface area contributed by atoms with E-state index in [1.165, 1.54) is 0 Å². The second kappa shape index (κ2) is 2.02. The lowest BCUT2D eigenvalue weighted by Crippen LogP contribution is -2.31. The van der Waals surface area contributed by atoms with Gasteiger partial charge in [0, 0.05) is 0 Å². The molecule has 6 heavy (non-hydrogen) atoms. The molecular formula is H4AlFO3Si. The van der Waals surface area contributed by atoms with Gasteiger partial charge in [0.1, 0.15) is 0 Å². The maximum atomic E-state index is 11.2. The molecule has 0 fully saturated rings. The fourth-order valence-electron chi connectivity index (χ4n) is 0. The van der Waals surface area contributed by atoms with Crippen LogP contribution in [0.5, 0.6) is 0 Å². The van der Waals surface area contributed by atoms with Crippen molar-refractivity contribution < 1.29 is 17.2 Å². The summed E-state index contributed by atoms with van der Waals surface area (Å²) >= 11 is 0.0347. The summed E-state index contributed by atoms with van der Waals surface area (Å²) in [5, 5.41) is 0. The minimum absolute atomic E-state index is 0.0347. The third-order valence-corrected chi connectivity index (χ3v) is 2.34. The minimum atomic E-state index is -4.57. The summed E-state index contributed by atoms with van der Waals surface area (Å²) < 4.78 is 14.8. The predicted molar refractivity (Wildman–Crippen MR) is 20.9 cm³/mol. The van der Waals surface area contributed by atoms with Crippen LogP contribution in [-0.4, -0.2) is 35.4 Å². The van der Waals surface area contributed by atoms with Gasteiger partial charge in [-0.1, -0.05) is 0 Å². The van der Waals surface area contributed by atoms with Crippen molar-refractivity contribution in [2.45, 2.75) is 0 Å². The Bertz CT molecular complexity index is 40.5. The molecule has 6 heteroatoms. The summed E-state index contributed by atoms with van der Waals surface area (Å²) in [6.45, 7) is 0. The van der Waals surface area contributed by atoms with Crippen molar-refractivity contribution in [2.24, 2.45) is 0 Å². The van der Waals surface area contributed by atoms with E-state index in [0.29, 0.717) is 0 Å². The highest BCUT2D eigenvalue weighted by atomic mass is 28.4. The molecule has 36 valence electrons. The molecular weight excluding hydrogens is 122 g/mol. The molecule has 0 aromatic carbocycles. The first-order valence-electron chi connectivity index (χ1n) is 1.25. The van der Waals surface area contributed by atoms with E-state index in [1.54, 1.807) is 0 Å². The quantitative estimate of drug-likeness (QED) is 0.314. The standard InChI is InChI=1S/Al.FH2O3Si.2H/c;1-5(2,3)4;;/h;2-3H;;/q+1;-1;;. The third kappa shape index (κ3) is 4.56. The zero-order valence-electron chi connectivity index (χ0n) is 3.18. The first kappa shape index (κ1) is 6.56. The normalized spacial score (nSPS) is 11.8. The second-order valence-corrected chi connectivity index (χ2v) is 3.42. The van der Waals surface area contributed by atoms with Gasteiger partial charge in [0.15, 0.2) is 0 Å². The van der Waals surface area contributed by atoms with E-state index in [2.05, 4.69) is 3.48 Å². The fourth-order valence-corrected chi connectivity index (χ4v) is 0. The Kier molecular flexibility index (Phi) is 2.21. The van der Waals surface area contributed by atoms with Crippen molar-refractivity contribution in [3.8, 4) is 0 Å². The molecule has 3 nitrogen and oxygen atoms in total. The van der Waals surface area contributed by atoms with Crippen LogP contribution in [0.4, 0.5) is 4.11 Å². The van der Waals surface area contributed by atoms with Crippen LogP contribution >= 0.6 is 0 Å². The Morgan fingerprint density at radius 3 is 1.83 bits per heavy atom. The molecule has 0 aliphatic rings. The maximum Gasteiger partial charge on any atom is 0.684 e. The van der Waals surface area contributed by atoms with Crippen molar-refractivity contribution in [1.29, 1.82) is 0 Å². The fraction of sp³-hybridized carbons (Fsp3) is 0. The molecule has 0 atom stereocenters. The lowest BCUT2D eigenvalue weighted by Gasteiger charge is -2.00. The third-order valence-electron chi connectivity index (χ3n) is 0.260. The van der Waals surface area contributed by atoms with E-state index in [-0.39, 0.29) is 16.6 Å². The zero-order chi connectivity index (χ0) is 5.21. The van der Waals surface area contributed by atoms with Crippen LogP contribution in [0.25, 0.3) is 0 Å². The van der Waals surface area contributed by atoms with Crippen molar-refractivity contribution in [2.75, 3.05) is 0 Å². The number of hydrogen-bond donors (Lipinski definition) is 2. The average molecular weight is 126 g/mol. The van der Waals surface area contributed by atoms with Gasteiger partial charge < -0.3 is 13.1 Å². The smallest absolute Gasteiger partial charge is 0.484 e. The summed E-state index contributed by atoms with van der Waals surface area (Å²) in [5.41, 5.74) is 0. The molecule has 0 aliphatic carbocycles. The van der Waals surface area contributed by atoms with Crippen LogP contribution in [0.2, 0.25) is 0 Å². The van der Waals surface area contributed by atoms with Gasteiger partial charge in [-0.05, 0) is 0 Å². The first-order valence-corrected chi connectivity index (χ1v) is 3.75. The highest BCUT2D eigenvalue weighted by Gasteiger charge is 2.29. The summed E-state index contributed by atoms with van der Waals surface area (Å²) in [7, 11) is -4.57. The molecule has 0 bridgehead atoms. The Balaban J connectivity index is 3.17. The second-order valence-electron chi connectivity index (χ2n) is 0.733. The summed E-state index contributed by atoms with van der Waals surface area (Å²) in [6, 6.07) is 0. The summed E-state index contributed by atoms with van der Waals surface area (Å²) in [4.78, 5) is 15.3. The summed E-state index contributed by atoms with van der Waals surface area (Å²) in [5.74, 6) is 0. The van der Waals surface area contributed by atoms with E-state index in [1.807, 2.05) is 0 Å². The van der Waals surface area contributed by atoms with Crippen LogP contribution in [0.3, 0.4) is 0 Å². The number of rotatable bonds is 1. The van der Waals surface area contributed by atoms with Crippen LogP contribution in [-0.2, 0) is 3.48 Å².